The summed E-state index contributed by atoms with van der Waals surface area (Å²) in [7, 11) is -3.95. The van der Waals surface area contributed by atoms with Gasteiger partial charge in [-0.1, -0.05) is 68.3 Å². The molecule has 1 aliphatic heterocycles. The van der Waals surface area contributed by atoms with Gasteiger partial charge in [0.2, 0.25) is 11.8 Å². The highest BCUT2D eigenvalue weighted by Crippen LogP contribution is 2.31. The minimum atomic E-state index is -3.95. The third-order valence-electron chi connectivity index (χ3n) is 7.67. The molecule has 2 atom stereocenters. The minimum Gasteiger partial charge on any atom is -0.445 e. The number of amides is 3. The third-order valence-corrected chi connectivity index (χ3v) is 9.35. The fourth-order valence-corrected chi connectivity index (χ4v) is 6.51. The first-order valence-corrected chi connectivity index (χ1v) is 15.6. The Morgan fingerprint density at radius 2 is 1.72 bits per heavy atom. The molecule has 1 aliphatic rings. The van der Waals surface area contributed by atoms with Gasteiger partial charge in [0.05, 0.1) is 17.0 Å². The molecule has 0 saturated carbocycles. The second kappa shape index (κ2) is 12.3. The van der Waals surface area contributed by atoms with Crippen molar-refractivity contribution in [2.24, 2.45) is 11.8 Å². The zero-order valence-electron chi connectivity index (χ0n) is 24.2. The van der Waals surface area contributed by atoms with E-state index in [1.54, 1.807) is 19.1 Å². The molecule has 3 amide bonds. The Balaban J connectivity index is 1.39. The van der Waals surface area contributed by atoms with Crippen molar-refractivity contribution in [3.63, 3.8) is 0 Å². The molecular formula is C31H33N5O6S. The number of carbonyl (C=O) groups excluding carboxylic acids is 3. The van der Waals surface area contributed by atoms with Crippen LogP contribution in [0.3, 0.4) is 0 Å². The fourth-order valence-electron chi connectivity index (χ4n) is 5.22. The van der Waals surface area contributed by atoms with Crippen LogP contribution in [0.4, 0.5) is 10.6 Å². The van der Waals surface area contributed by atoms with E-state index in [-0.39, 0.29) is 47.4 Å². The van der Waals surface area contributed by atoms with Crippen molar-refractivity contribution in [1.82, 2.24) is 18.8 Å². The standard InChI is InChI=1S/C31H33N5O6S/c1-4-23-18-34(31(39)42-20-22-9-7-6-8-10-22)19-25(23)30(38)36(28(37)5-2)27-17-32-29-26(33-27)15-16-35(29)43(40,41)24-13-11-21(3)12-14-24/h6-17,23,25H,4-5,18-20H2,1-3H3/t23-,25+/m0/s1. The molecule has 11 nitrogen and oxygen atoms in total. The van der Waals surface area contributed by atoms with Crippen LogP contribution in [0.5, 0.6) is 0 Å². The lowest BCUT2D eigenvalue weighted by atomic mass is 9.92. The molecule has 0 aliphatic carbocycles. The lowest BCUT2D eigenvalue weighted by Gasteiger charge is -2.24. The molecule has 1 fully saturated rings. The predicted octanol–water partition coefficient (Wildman–Crippen LogP) is 4.54. The fraction of sp³-hybridized carbons (Fsp3) is 0.323. The van der Waals surface area contributed by atoms with Crippen molar-refractivity contribution in [2.45, 2.75) is 45.1 Å². The minimum absolute atomic E-state index is 0.00482. The van der Waals surface area contributed by atoms with E-state index >= 15 is 0 Å². The number of benzene rings is 2. The molecule has 12 heteroatoms. The Bertz CT molecular complexity index is 1750. The van der Waals surface area contributed by atoms with E-state index < -0.39 is 33.8 Å². The van der Waals surface area contributed by atoms with Gasteiger partial charge in [0, 0.05) is 25.7 Å². The van der Waals surface area contributed by atoms with Gasteiger partial charge >= 0.3 is 6.09 Å². The average molecular weight is 604 g/mol. The van der Waals surface area contributed by atoms with Gasteiger partial charge in [-0.05, 0) is 36.6 Å². The number of aromatic nitrogens is 3. The lowest BCUT2D eigenvalue weighted by molar-refractivity contribution is -0.129. The summed E-state index contributed by atoms with van der Waals surface area (Å²) in [6, 6.07) is 17.2. The van der Waals surface area contributed by atoms with Crippen LogP contribution in [0.15, 0.2) is 78.0 Å². The Labute approximate surface area is 250 Å². The van der Waals surface area contributed by atoms with E-state index in [0.29, 0.717) is 13.0 Å². The van der Waals surface area contributed by atoms with Gasteiger partial charge in [-0.15, -0.1) is 0 Å². The number of carbonyl (C=O) groups is 3. The highest BCUT2D eigenvalue weighted by molar-refractivity contribution is 7.90. The quantitative estimate of drug-likeness (QED) is 0.287. The highest BCUT2D eigenvalue weighted by atomic mass is 32.2. The maximum absolute atomic E-state index is 13.9. The van der Waals surface area contributed by atoms with Gasteiger partial charge in [0.15, 0.2) is 11.5 Å². The number of imide groups is 1. The first-order valence-electron chi connectivity index (χ1n) is 14.1. The molecule has 2 aromatic heterocycles. The number of hydrogen-bond donors (Lipinski definition) is 0. The van der Waals surface area contributed by atoms with Crippen LogP contribution in [0.1, 0.15) is 37.8 Å². The monoisotopic (exact) mass is 603 g/mol. The number of aryl methyl sites for hydroxylation is 1. The van der Waals surface area contributed by atoms with Gasteiger partial charge in [-0.25, -0.2) is 32.1 Å². The second-order valence-electron chi connectivity index (χ2n) is 10.5. The molecule has 43 heavy (non-hydrogen) atoms. The van der Waals surface area contributed by atoms with Crippen LogP contribution in [0.25, 0.3) is 11.2 Å². The van der Waals surface area contributed by atoms with Gasteiger partial charge < -0.3 is 9.64 Å². The Morgan fingerprint density at radius 3 is 2.40 bits per heavy atom. The van der Waals surface area contributed by atoms with Crippen molar-refractivity contribution in [1.29, 1.82) is 0 Å². The van der Waals surface area contributed by atoms with Gasteiger partial charge in [0.25, 0.3) is 10.0 Å². The van der Waals surface area contributed by atoms with E-state index in [1.165, 1.54) is 35.5 Å². The maximum Gasteiger partial charge on any atom is 0.410 e. The van der Waals surface area contributed by atoms with Gasteiger partial charge in [-0.3, -0.25) is 9.59 Å². The van der Waals surface area contributed by atoms with Crippen molar-refractivity contribution in [3.8, 4) is 0 Å². The summed E-state index contributed by atoms with van der Waals surface area (Å²) in [5, 5.41) is 0. The zero-order chi connectivity index (χ0) is 30.7. The largest absolute Gasteiger partial charge is 0.445 e. The van der Waals surface area contributed by atoms with Crippen LogP contribution < -0.4 is 4.90 Å². The molecule has 3 heterocycles. The SMILES string of the molecule is CCC(=O)N(C(=O)[C@@H]1CN(C(=O)OCc2ccccc2)C[C@@H]1CC)c1cnc2c(ccn2S(=O)(=O)c2ccc(C)cc2)n1. The molecule has 1 saturated heterocycles. The zero-order valence-corrected chi connectivity index (χ0v) is 25.0. The molecule has 0 spiro atoms. The summed E-state index contributed by atoms with van der Waals surface area (Å²) >= 11 is 0. The first kappa shape index (κ1) is 29.9. The number of fused-ring (bicyclic) bond motifs is 1. The highest BCUT2D eigenvalue weighted by Gasteiger charge is 2.43. The van der Waals surface area contributed by atoms with Crippen molar-refractivity contribution < 1.29 is 27.5 Å². The summed E-state index contributed by atoms with van der Waals surface area (Å²) in [6.45, 7) is 5.96. The topological polar surface area (TPSA) is 132 Å². The summed E-state index contributed by atoms with van der Waals surface area (Å²) in [4.78, 5) is 51.3. The maximum atomic E-state index is 13.9. The Hall–Kier alpha value is -4.58. The number of likely N-dealkylation sites (tertiary alicyclic amines) is 1. The molecule has 224 valence electrons. The number of anilines is 1. The Kier molecular flexibility index (Phi) is 8.58. The molecular weight excluding hydrogens is 570 g/mol. The predicted molar refractivity (Wildman–Crippen MR) is 160 cm³/mol. The van der Waals surface area contributed by atoms with E-state index in [0.717, 1.165) is 20.0 Å². The second-order valence-corrected chi connectivity index (χ2v) is 12.3. The third kappa shape index (κ3) is 6.00. The molecule has 4 aromatic rings. The smallest absolute Gasteiger partial charge is 0.410 e. The first-order chi connectivity index (χ1) is 20.6. The number of rotatable bonds is 8. The van der Waals surface area contributed by atoms with E-state index in [9.17, 15) is 22.8 Å². The molecule has 2 aromatic carbocycles. The molecule has 0 radical (unpaired) electrons. The normalized spacial score (nSPS) is 16.8. The van der Waals surface area contributed by atoms with Crippen molar-refractivity contribution in [2.75, 3.05) is 18.0 Å². The van der Waals surface area contributed by atoms with Crippen LogP contribution in [0, 0.1) is 18.8 Å². The van der Waals surface area contributed by atoms with Crippen LogP contribution in [-0.2, 0) is 31.0 Å². The Morgan fingerprint density at radius 1 is 1.00 bits per heavy atom. The molecule has 0 N–H and O–H groups in total. The molecule has 0 unspecified atom stereocenters. The van der Waals surface area contributed by atoms with Crippen LogP contribution in [-0.4, -0.2) is 58.3 Å². The van der Waals surface area contributed by atoms with Crippen LogP contribution >= 0.6 is 0 Å². The summed E-state index contributed by atoms with van der Waals surface area (Å²) in [6.07, 6.45) is 2.69. The van der Waals surface area contributed by atoms with E-state index in [4.69, 9.17) is 4.74 Å². The van der Waals surface area contributed by atoms with Crippen LogP contribution in [0.2, 0.25) is 0 Å². The summed E-state index contributed by atoms with van der Waals surface area (Å²) in [5.41, 5.74) is 2.05. The summed E-state index contributed by atoms with van der Waals surface area (Å²) in [5.74, 6) is -1.83. The van der Waals surface area contributed by atoms with Crippen molar-refractivity contribution >= 4 is 44.9 Å². The number of hydrogen-bond acceptors (Lipinski definition) is 8. The van der Waals surface area contributed by atoms with Crippen molar-refractivity contribution in [3.05, 3.63) is 84.2 Å². The average Bonchev–Trinajstić information content (AvgIpc) is 3.65. The molecule has 5 rings (SSSR count). The number of nitrogens with zero attached hydrogens (tertiary/aromatic N) is 5. The lowest BCUT2D eigenvalue weighted by Crippen LogP contribution is -2.44. The van der Waals surface area contributed by atoms with Gasteiger partial charge in [-0.2, -0.15) is 0 Å². The summed E-state index contributed by atoms with van der Waals surface area (Å²) < 4.78 is 33.1. The molecule has 0 bridgehead atoms. The van der Waals surface area contributed by atoms with E-state index in [1.807, 2.05) is 44.2 Å². The van der Waals surface area contributed by atoms with Gasteiger partial charge in [0.1, 0.15) is 12.1 Å². The van der Waals surface area contributed by atoms with E-state index in [2.05, 4.69) is 9.97 Å². The number of ether oxygens (including phenoxy) is 1.